The minimum Gasteiger partial charge on any atom is -0.351 e. The summed E-state index contributed by atoms with van der Waals surface area (Å²) in [5.41, 5.74) is 6.68. The zero-order chi connectivity index (χ0) is 29.1. The molecule has 2 aliphatic rings. The number of nitrogens with one attached hydrogen (secondary N) is 2. The summed E-state index contributed by atoms with van der Waals surface area (Å²) in [5, 5.41) is 2.52. The molecule has 4 N–H and O–H groups in total. The van der Waals surface area contributed by atoms with Crippen LogP contribution in [0.3, 0.4) is 0 Å². The van der Waals surface area contributed by atoms with Crippen LogP contribution in [-0.2, 0) is 26.5 Å². The van der Waals surface area contributed by atoms with Crippen molar-refractivity contribution >= 4 is 26.0 Å². The zero-order valence-electron chi connectivity index (χ0n) is 21.7. The Balaban J connectivity index is 1.26. The molecule has 0 radical (unpaired) electrons. The average molecular weight is 603 g/mol. The number of halogens is 3. The van der Waals surface area contributed by atoms with Gasteiger partial charge in [0.05, 0.1) is 11.5 Å². The minimum atomic E-state index is -3.83. The number of nitrogens with zero attached hydrogens (tertiary/aromatic N) is 1. The van der Waals surface area contributed by atoms with Crippen molar-refractivity contribution in [3.63, 3.8) is 0 Å². The van der Waals surface area contributed by atoms with Gasteiger partial charge in [0, 0.05) is 42.8 Å². The number of nitrogens with two attached hydrogens (primary N) is 1. The lowest BCUT2D eigenvalue weighted by atomic mass is 9.83. The molecule has 2 bridgehead atoms. The van der Waals surface area contributed by atoms with E-state index in [1.165, 1.54) is 4.31 Å². The summed E-state index contributed by atoms with van der Waals surface area (Å²) in [4.78, 5) is 12.1. The molecule has 0 aromatic heterocycles. The summed E-state index contributed by atoms with van der Waals surface area (Å²) in [6.45, 7) is -0.451. The fourth-order valence-corrected chi connectivity index (χ4v) is 8.53. The molecule has 2 saturated heterocycles. The number of rotatable bonds is 12. The van der Waals surface area contributed by atoms with E-state index in [4.69, 9.17) is 5.73 Å². The molecule has 220 valence electrons. The molecule has 2 aromatic carbocycles. The Morgan fingerprint density at radius 1 is 0.925 bits per heavy atom. The normalized spacial score (nSPS) is 22.2. The van der Waals surface area contributed by atoms with Crippen LogP contribution in [0.2, 0.25) is 0 Å². The van der Waals surface area contributed by atoms with E-state index in [0.717, 1.165) is 6.07 Å². The first-order valence-corrected chi connectivity index (χ1v) is 16.3. The fraction of sp³-hybridized carbons (Fsp3) is 0.500. The predicted octanol–water partition coefficient (Wildman–Crippen LogP) is 1.90. The zero-order valence-corrected chi connectivity index (χ0v) is 23.4. The summed E-state index contributed by atoms with van der Waals surface area (Å²) in [6, 6.07) is 8.42. The summed E-state index contributed by atoms with van der Waals surface area (Å²) in [5.74, 6) is -4.68. The molecule has 2 aromatic rings. The lowest BCUT2D eigenvalue weighted by molar-refractivity contribution is 0.0956. The van der Waals surface area contributed by atoms with Crippen LogP contribution in [0.5, 0.6) is 0 Å². The highest BCUT2D eigenvalue weighted by Gasteiger charge is 2.47. The number of benzene rings is 2. The molecule has 0 saturated carbocycles. The van der Waals surface area contributed by atoms with Crippen molar-refractivity contribution in [2.75, 3.05) is 24.6 Å². The summed E-state index contributed by atoms with van der Waals surface area (Å²) in [6.07, 6.45) is 2.12. The van der Waals surface area contributed by atoms with Crippen molar-refractivity contribution in [2.24, 2.45) is 11.7 Å². The molecule has 0 spiro atoms. The molecule has 1 unspecified atom stereocenters. The van der Waals surface area contributed by atoms with Gasteiger partial charge in [0.15, 0.2) is 11.6 Å². The number of sulfonamides is 2. The SMILES string of the molecule is N[C@H](Cc1cc(F)c(F)cc1F)C1C[C@H]2CC[C@@H](C1)N2S(=O)(=O)CCNS(=O)(=O)CCNC(=O)c1ccccc1. The van der Waals surface area contributed by atoms with Crippen LogP contribution in [0, 0.1) is 23.4 Å². The molecule has 14 heteroatoms. The van der Waals surface area contributed by atoms with E-state index < -0.39 is 61.0 Å². The molecule has 9 nitrogen and oxygen atoms in total. The van der Waals surface area contributed by atoms with Gasteiger partial charge in [0.2, 0.25) is 20.0 Å². The quantitative estimate of drug-likeness (QED) is 0.317. The topological polar surface area (TPSA) is 139 Å². The van der Waals surface area contributed by atoms with E-state index in [1.54, 1.807) is 30.3 Å². The number of carbonyl (C=O) groups is 1. The van der Waals surface area contributed by atoms with Gasteiger partial charge in [-0.25, -0.2) is 34.7 Å². The van der Waals surface area contributed by atoms with Crippen molar-refractivity contribution in [1.82, 2.24) is 14.3 Å². The van der Waals surface area contributed by atoms with Crippen molar-refractivity contribution in [3.05, 3.63) is 71.0 Å². The molecule has 40 heavy (non-hydrogen) atoms. The van der Waals surface area contributed by atoms with E-state index in [9.17, 15) is 34.8 Å². The van der Waals surface area contributed by atoms with Gasteiger partial charge in [-0.1, -0.05) is 18.2 Å². The predicted molar refractivity (Wildman–Crippen MR) is 144 cm³/mol. The number of hydrogen-bond donors (Lipinski definition) is 3. The Morgan fingerprint density at radius 3 is 2.20 bits per heavy atom. The maximum absolute atomic E-state index is 14.1. The van der Waals surface area contributed by atoms with Gasteiger partial charge in [-0.15, -0.1) is 0 Å². The number of fused-ring (bicyclic) bond motifs is 2. The molecule has 1 amide bonds. The third-order valence-electron chi connectivity index (χ3n) is 7.55. The van der Waals surface area contributed by atoms with Crippen molar-refractivity contribution in [1.29, 1.82) is 0 Å². The number of piperidine rings is 1. The molecular formula is C26H33F3N4O5S2. The molecule has 0 aliphatic carbocycles. The molecular weight excluding hydrogens is 569 g/mol. The Bertz CT molecular complexity index is 1410. The standard InChI is InChI=1S/C26H33F3N4O5S2/c27-22-16-24(29)23(28)14-18(22)15-25(30)19-12-20-6-7-21(13-19)33(20)40(37,38)11-9-32-39(35,36)10-8-31-26(34)17-4-2-1-3-5-17/h1-5,14,16,19-21,25,32H,6-13,15,30H2,(H,31,34)/t19?,20-,21+,25-/m1/s1. The summed E-state index contributed by atoms with van der Waals surface area (Å²) in [7, 11) is -7.62. The highest BCUT2D eigenvalue weighted by Crippen LogP contribution is 2.42. The van der Waals surface area contributed by atoms with Crippen LogP contribution in [0.15, 0.2) is 42.5 Å². The first-order valence-electron chi connectivity index (χ1n) is 13.1. The number of carbonyl (C=O) groups excluding carboxylic acids is 1. The number of amides is 1. The lowest BCUT2D eigenvalue weighted by Crippen LogP contribution is -2.51. The van der Waals surface area contributed by atoms with Gasteiger partial charge in [0.1, 0.15) is 5.82 Å². The Kier molecular flexibility index (Phi) is 9.55. The summed E-state index contributed by atoms with van der Waals surface area (Å²) >= 11 is 0. The van der Waals surface area contributed by atoms with Crippen LogP contribution in [-0.4, -0.2) is 69.8 Å². The third kappa shape index (κ3) is 7.40. The van der Waals surface area contributed by atoms with Crippen molar-refractivity contribution < 1.29 is 34.8 Å². The van der Waals surface area contributed by atoms with Gasteiger partial charge in [-0.05, 0) is 61.8 Å². The molecule has 2 aliphatic heterocycles. The van der Waals surface area contributed by atoms with Gasteiger partial charge >= 0.3 is 0 Å². The number of hydrogen-bond acceptors (Lipinski definition) is 6. The second kappa shape index (κ2) is 12.6. The first kappa shape index (κ1) is 30.4. The van der Waals surface area contributed by atoms with E-state index in [2.05, 4.69) is 10.0 Å². The Hall–Kier alpha value is -2.52. The van der Waals surface area contributed by atoms with Crippen molar-refractivity contribution in [2.45, 2.75) is 50.2 Å². The maximum atomic E-state index is 14.1. The Morgan fingerprint density at radius 2 is 1.55 bits per heavy atom. The summed E-state index contributed by atoms with van der Waals surface area (Å²) < 4.78 is 95.6. The molecule has 4 atom stereocenters. The van der Waals surface area contributed by atoms with E-state index in [-0.39, 0.29) is 43.1 Å². The highest BCUT2D eigenvalue weighted by molar-refractivity contribution is 7.90. The average Bonchev–Trinajstić information content (AvgIpc) is 3.18. The van der Waals surface area contributed by atoms with E-state index in [0.29, 0.717) is 37.3 Å². The third-order valence-corrected chi connectivity index (χ3v) is 10.9. The second-order valence-corrected chi connectivity index (χ2v) is 14.2. The molecule has 2 heterocycles. The van der Waals surface area contributed by atoms with Gasteiger partial charge < -0.3 is 11.1 Å². The fourth-order valence-electron chi connectivity index (χ4n) is 5.61. The monoisotopic (exact) mass is 602 g/mol. The largest absolute Gasteiger partial charge is 0.351 e. The lowest BCUT2D eigenvalue weighted by Gasteiger charge is -2.40. The second-order valence-electron chi connectivity index (χ2n) is 10.3. The van der Waals surface area contributed by atoms with E-state index in [1.807, 2.05) is 0 Å². The Labute approximate surface area is 232 Å². The minimum absolute atomic E-state index is 0.00648. The van der Waals surface area contributed by atoms with Gasteiger partial charge in [-0.3, -0.25) is 4.79 Å². The highest BCUT2D eigenvalue weighted by atomic mass is 32.2. The van der Waals surface area contributed by atoms with Crippen LogP contribution < -0.4 is 15.8 Å². The molecule has 4 rings (SSSR count). The van der Waals surface area contributed by atoms with Crippen LogP contribution in [0.1, 0.15) is 41.6 Å². The molecule has 2 fully saturated rings. The smallest absolute Gasteiger partial charge is 0.251 e. The maximum Gasteiger partial charge on any atom is 0.251 e. The van der Waals surface area contributed by atoms with Crippen LogP contribution in [0.4, 0.5) is 13.2 Å². The van der Waals surface area contributed by atoms with Gasteiger partial charge in [0.25, 0.3) is 5.91 Å². The van der Waals surface area contributed by atoms with Gasteiger partial charge in [-0.2, -0.15) is 4.31 Å². The van der Waals surface area contributed by atoms with E-state index >= 15 is 0 Å². The van der Waals surface area contributed by atoms with Crippen molar-refractivity contribution in [3.8, 4) is 0 Å². The van der Waals surface area contributed by atoms with Crippen LogP contribution in [0.25, 0.3) is 0 Å². The van der Waals surface area contributed by atoms with Crippen LogP contribution >= 0.6 is 0 Å². The first-order chi connectivity index (χ1) is 18.9.